The number of pyridine rings is 1. The first-order valence-corrected chi connectivity index (χ1v) is 4.63. The smallest absolute Gasteiger partial charge is 0.111 e. The highest BCUT2D eigenvalue weighted by Crippen LogP contribution is 2.20. The van der Waals surface area contributed by atoms with Crippen LogP contribution in [-0.4, -0.2) is 10.1 Å². The molecule has 1 heterocycles. The van der Waals surface area contributed by atoms with Gasteiger partial charge in [0.15, 0.2) is 0 Å². The van der Waals surface area contributed by atoms with Gasteiger partial charge in [-0.25, -0.2) is 0 Å². The molecule has 1 aromatic rings. The number of aromatic nitrogens is 1. The molecule has 13 heavy (non-hydrogen) atoms. The van der Waals surface area contributed by atoms with Crippen LogP contribution in [0, 0.1) is 17.2 Å². The Morgan fingerprint density at radius 1 is 1.62 bits per heavy atom. The quantitative estimate of drug-likeness (QED) is 0.861. The molecule has 2 atom stereocenters. The van der Waals surface area contributed by atoms with E-state index in [9.17, 15) is 5.11 Å². The van der Waals surface area contributed by atoms with Crippen LogP contribution in [-0.2, 0) is 0 Å². The fourth-order valence-corrected chi connectivity index (χ4v) is 1.12. The first-order chi connectivity index (χ1) is 6.15. The van der Waals surface area contributed by atoms with E-state index in [0.29, 0.717) is 5.69 Å². The molecule has 0 amide bonds. The van der Waals surface area contributed by atoms with Crippen LogP contribution < -0.4 is 0 Å². The van der Waals surface area contributed by atoms with Crippen molar-refractivity contribution in [1.82, 2.24) is 4.98 Å². The van der Waals surface area contributed by atoms with Crippen LogP contribution in [0.1, 0.15) is 18.7 Å². The summed E-state index contributed by atoms with van der Waals surface area (Å²) in [6.45, 7) is 1.66. The fraction of sp³-hybridized carbons (Fsp3) is 0.333. The molecule has 3 nitrogen and oxygen atoms in total. The van der Waals surface area contributed by atoms with E-state index in [1.165, 1.54) is 0 Å². The second-order valence-corrected chi connectivity index (χ2v) is 3.68. The lowest BCUT2D eigenvalue weighted by molar-refractivity contribution is 0.138. The molecule has 0 fully saturated rings. The average Bonchev–Trinajstić information content (AvgIpc) is 2.17. The van der Waals surface area contributed by atoms with Crippen LogP contribution in [0.5, 0.6) is 0 Å². The molecule has 1 N–H and O–H groups in total. The molecule has 0 spiro atoms. The van der Waals surface area contributed by atoms with Crippen molar-refractivity contribution in [3.63, 3.8) is 0 Å². The van der Waals surface area contributed by atoms with Crippen molar-refractivity contribution in [3.8, 4) is 6.07 Å². The van der Waals surface area contributed by atoms with Gasteiger partial charge in [0.05, 0.1) is 17.7 Å². The predicted octanol–water partition coefficient (Wildman–Crippen LogP) is 2.04. The van der Waals surface area contributed by atoms with Crippen molar-refractivity contribution in [1.29, 1.82) is 5.26 Å². The van der Waals surface area contributed by atoms with Crippen LogP contribution in [0.15, 0.2) is 22.8 Å². The van der Waals surface area contributed by atoms with Crippen LogP contribution in [0.4, 0.5) is 0 Å². The van der Waals surface area contributed by atoms with Crippen LogP contribution >= 0.6 is 15.9 Å². The minimum Gasteiger partial charge on any atom is -0.385 e. The Morgan fingerprint density at radius 3 is 2.77 bits per heavy atom. The Morgan fingerprint density at radius 2 is 2.31 bits per heavy atom. The summed E-state index contributed by atoms with van der Waals surface area (Å²) in [5.74, 6) is -0.436. The highest BCUT2D eigenvalue weighted by atomic mass is 79.9. The highest BCUT2D eigenvalue weighted by Gasteiger charge is 2.16. The van der Waals surface area contributed by atoms with E-state index in [1.807, 2.05) is 6.07 Å². The standard InChI is InChI=1S/C9H9BrN2O/c1-6(4-11)9(13)8-3-2-7(10)5-12-8/h2-3,5-6,9,13H,1H3. The minimum atomic E-state index is -0.807. The molecule has 4 heteroatoms. The Bertz CT molecular complexity index is 317. The molecule has 0 bridgehead atoms. The number of nitrogens with zero attached hydrogens (tertiary/aromatic N) is 2. The number of halogens is 1. The van der Waals surface area contributed by atoms with Gasteiger partial charge >= 0.3 is 0 Å². The van der Waals surface area contributed by atoms with E-state index in [-0.39, 0.29) is 0 Å². The summed E-state index contributed by atoms with van der Waals surface area (Å²) in [5.41, 5.74) is 0.525. The van der Waals surface area contributed by atoms with Gasteiger partial charge in [-0.1, -0.05) is 0 Å². The Labute approximate surface area is 85.2 Å². The van der Waals surface area contributed by atoms with E-state index in [1.54, 1.807) is 25.3 Å². The van der Waals surface area contributed by atoms with Gasteiger partial charge in [0, 0.05) is 10.7 Å². The predicted molar refractivity (Wildman–Crippen MR) is 51.7 cm³/mol. The van der Waals surface area contributed by atoms with Gasteiger partial charge in [-0.05, 0) is 35.0 Å². The lowest BCUT2D eigenvalue weighted by Crippen LogP contribution is -2.08. The second kappa shape index (κ2) is 4.35. The Balaban J connectivity index is 2.84. The van der Waals surface area contributed by atoms with E-state index in [0.717, 1.165) is 4.47 Å². The summed E-state index contributed by atoms with van der Waals surface area (Å²) in [4.78, 5) is 4.00. The van der Waals surface area contributed by atoms with Crippen LogP contribution in [0.3, 0.4) is 0 Å². The third-order valence-electron chi connectivity index (χ3n) is 1.73. The molecule has 0 aliphatic rings. The average molecular weight is 241 g/mol. The summed E-state index contributed by atoms with van der Waals surface area (Å²) in [6, 6.07) is 5.46. The van der Waals surface area contributed by atoms with Crippen molar-refractivity contribution in [2.75, 3.05) is 0 Å². The second-order valence-electron chi connectivity index (χ2n) is 2.76. The van der Waals surface area contributed by atoms with Crippen molar-refractivity contribution >= 4 is 15.9 Å². The third kappa shape index (κ3) is 2.51. The zero-order chi connectivity index (χ0) is 9.84. The molecule has 2 unspecified atom stereocenters. The van der Waals surface area contributed by atoms with E-state index >= 15 is 0 Å². The first kappa shape index (κ1) is 10.2. The maximum atomic E-state index is 9.58. The topological polar surface area (TPSA) is 56.9 Å². The summed E-state index contributed by atoms with van der Waals surface area (Å²) < 4.78 is 0.855. The first-order valence-electron chi connectivity index (χ1n) is 3.84. The Kier molecular flexibility index (Phi) is 3.40. The number of hydrogen-bond donors (Lipinski definition) is 1. The zero-order valence-corrected chi connectivity index (χ0v) is 8.69. The van der Waals surface area contributed by atoms with Crippen molar-refractivity contribution in [2.24, 2.45) is 5.92 Å². The van der Waals surface area contributed by atoms with Gasteiger partial charge in [-0.3, -0.25) is 4.98 Å². The molecule has 0 radical (unpaired) electrons. The summed E-state index contributed by atoms with van der Waals surface area (Å²) in [5, 5.41) is 18.2. The van der Waals surface area contributed by atoms with E-state index in [2.05, 4.69) is 20.9 Å². The molecule has 0 aromatic carbocycles. The Hall–Kier alpha value is -0.920. The number of hydrogen-bond acceptors (Lipinski definition) is 3. The van der Waals surface area contributed by atoms with Gasteiger partial charge in [0.1, 0.15) is 6.10 Å². The molecule has 0 saturated carbocycles. The van der Waals surface area contributed by atoms with Gasteiger partial charge in [0.2, 0.25) is 0 Å². The van der Waals surface area contributed by atoms with Crippen molar-refractivity contribution < 1.29 is 5.11 Å². The lowest BCUT2D eigenvalue weighted by atomic mass is 10.0. The third-order valence-corrected chi connectivity index (χ3v) is 2.20. The SMILES string of the molecule is CC(C#N)C(O)c1ccc(Br)cn1. The molecule has 1 aromatic heterocycles. The fourth-order valence-electron chi connectivity index (χ4n) is 0.889. The molecular weight excluding hydrogens is 232 g/mol. The van der Waals surface area contributed by atoms with Gasteiger partial charge in [0.25, 0.3) is 0 Å². The summed E-state index contributed by atoms with van der Waals surface area (Å²) >= 11 is 3.24. The van der Waals surface area contributed by atoms with Crippen molar-refractivity contribution in [2.45, 2.75) is 13.0 Å². The number of aliphatic hydroxyl groups is 1. The molecule has 68 valence electrons. The normalized spacial score (nSPS) is 14.6. The highest BCUT2D eigenvalue weighted by molar-refractivity contribution is 9.10. The molecule has 0 aliphatic carbocycles. The van der Waals surface area contributed by atoms with E-state index in [4.69, 9.17) is 5.26 Å². The van der Waals surface area contributed by atoms with E-state index < -0.39 is 12.0 Å². The van der Waals surface area contributed by atoms with Crippen LogP contribution in [0.2, 0.25) is 0 Å². The van der Waals surface area contributed by atoms with Crippen LogP contribution in [0.25, 0.3) is 0 Å². The molecule has 1 rings (SSSR count). The largest absolute Gasteiger partial charge is 0.385 e. The maximum Gasteiger partial charge on any atom is 0.111 e. The number of nitriles is 1. The summed E-state index contributed by atoms with van der Waals surface area (Å²) in [6.07, 6.45) is 0.793. The molecular formula is C9H9BrN2O. The van der Waals surface area contributed by atoms with Gasteiger partial charge in [-0.2, -0.15) is 5.26 Å². The molecule has 0 aliphatic heterocycles. The summed E-state index contributed by atoms with van der Waals surface area (Å²) in [7, 11) is 0. The lowest BCUT2D eigenvalue weighted by Gasteiger charge is -2.10. The number of rotatable bonds is 2. The number of aliphatic hydroxyl groups excluding tert-OH is 1. The maximum absolute atomic E-state index is 9.58. The molecule has 0 saturated heterocycles. The zero-order valence-electron chi connectivity index (χ0n) is 7.11. The van der Waals surface area contributed by atoms with Gasteiger partial charge < -0.3 is 5.11 Å². The van der Waals surface area contributed by atoms with Crippen molar-refractivity contribution in [3.05, 3.63) is 28.5 Å². The minimum absolute atomic E-state index is 0.436. The monoisotopic (exact) mass is 240 g/mol. The van der Waals surface area contributed by atoms with Gasteiger partial charge in [-0.15, -0.1) is 0 Å².